The third-order valence-corrected chi connectivity index (χ3v) is 5.22. The Morgan fingerprint density at radius 1 is 0.760 bits per heavy atom. The summed E-state index contributed by atoms with van der Waals surface area (Å²) in [5, 5.41) is 7.68. The molecule has 0 atom stereocenters. The molecule has 0 saturated heterocycles. The number of thioether (sulfide) groups is 1. The lowest BCUT2D eigenvalue weighted by molar-refractivity contribution is -0.113. The van der Waals surface area contributed by atoms with Crippen molar-refractivity contribution in [1.82, 2.24) is 0 Å². The smallest absolute Gasteiger partial charge is 0.234 e. The van der Waals surface area contributed by atoms with Gasteiger partial charge in [-0.15, -0.1) is 11.8 Å². The summed E-state index contributed by atoms with van der Waals surface area (Å²) in [5.41, 5.74) is 0.835. The number of rotatable bonds is 4. The van der Waals surface area contributed by atoms with Crippen LogP contribution >= 0.6 is 11.8 Å². The Hall–Kier alpha value is -2.78. The van der Waals surface area contributed by atoms with Crippen LogP contribution in [0.1, 0.15) is 0 Å². The van der Waals surface area contributed by atoms with E-state index in [2.05, 4.69) is 41.7 Å². The number of nitrogens with one attached hydrogen (secondary N) is 1. The van der Waals surface area contributed by atoms with Crippen LogP contribution in [0.25, 0.3) is 21.5 Å². The van der Waals surface area contributed by atoms with Crippen LogP contribution in [0.2, 0.25) is 0 Å². The van der Waals surface area contributed by atoms with Crippen molar-refractivity contribution in [3.8, 4) is 0 Å². The van der Waals surface area contributed by atoms with E-state index in [0.29, 0.717) is 5.75 Å². The van der Waals surface area contributed by atoms with E-state index in [-0.39, 0.29) is 5.91 Å². The first-order chi connectivity index (χ1) is 12.3. The molecule has 4 aromatic rings. The maximum absolute atomic E-state index is 12.3. The molecule has 4 aromatic carbocycles. The molecular formula is C22H17NOS. The van der Waals surface area contributed by atoms with Crippen molar-refractivity contribution < 1.29 is 4.79 Å². The third-order valence-electron chi connectivity index (χ3n) is 4.14. The Kier molecular flexibility index (Phi) is 4.40. The molecule has 0 saturated carbocycles. The summed E-state index contributed by atoms with van der Waals surface area (Å²) in [7, 11) is 0. The van der Waals surface area contributed by atoms with Crippen molar-refractivity contribution >= 4 is 44.9 Å². The van der Waals surface area contributed by atoms with E-state index in [1.54, 1.807) is 11.8 Å². The zero-order chi connectivity index (χ0) is 17.1. The number of hydrogen-bond donors (Lipinski definition) is 1. The highest BCUT2D eigenvalue weighted by Crippen LogP contribution is 2.28. The van der Waals surface area contributed by atoms with Gasteiger partial charge >= 0.3 is 0 Å². The molecule has 1 amide bonds. The molecule has 0 spiro atoms. The summed E-state index contributed by atoms with van der Waals surface area (Å²) in [4.78, 5) is 13.5. The molecule has 0 heterocycles. The minimum Gasteiger partial charge on any atom is -0.325 e. The molecule has 0 aliphatic heterocycles. The van der Waals surface area contributed by atoms with Gasteiger partial charge in [0.25, 0.3) is 0 Å². The predicted octanol–water partition coefficient (Wildman–Crippen LogP) is 5.72. The van der Waals surface area contributed by atoms with Gasteiger partial charge < -0.3 is 5.32 Å². The van der Waals surface area contributed by atoms with Gasteiger partial charge in [0, 0.05) is 10.6 Å². The maximum Gasteiger partial charge on any atom is 0.234 e. The van der Waals surface area contributed by atoms with Gasteiger partial charge in [-0.25, -0.2) is 0 Å². The molecule has 0 fully saturated rings. The summed E-state index contributed by atoms with van der Waals surface area (Å²) in [6.45, 7) is 0. The van der Waals surface area contributed by atoms with E-state index in [9.17, 15) is 4.79 Å². The zero-order valence-electron chi connectivity index (χ0n) is 13.6. The first-order valence-electron chi connectivity index (χ1n) is 8.19. The lowest BCUT2D eigenvalue weighted by atomic mass is 10.1. The molecular weight excluding hydrogens is 326 g/mol. The van der Waals surface area contributed by atoms with Gasteiger partial charge in [0.15, 0.2) is 0 Å². The van der Waals surface area contributed by atoms with Crippen LogP contribution in [0, 0.1) is 0 Å². The van der Waals surface area contributed by atoms with Crippen molar-refractivity contribution in [3.63, 3.8) is 0 Å². The van der Waals surface area contributed by atoms with Crippen LogP contribution < -0.4 is 5.32 Å². The van der Waals surface area contributed by atoms with E-state index in [0.717, 1.165) is 16.0 Å². The van der Waals surface area contributed by atoms with Crippen LogP contribution in [-0.4, -0.2) is 11.7 Å². The standard InChI is InChI=1S/C22H17NOS/c24-22(23-19-13-12-16-6-1-2-8-18(16)14-19)15-25-21-11-5-9-17-7-3-4-10-20(17)21/h1-14H,15H2,(H,23,24). The molecule has 0 unspecified atom stereocenters. The zero-order valence-corrected chi connectivity index (χ0v) is 14.4. The van der Waals surface area contributed by atoms with Crippen molar-refractivity contribution in [2.75, 3.05) is 11.1 Å². The average molecular weight is 343 g/mol. The van der Waals surface area contributed by atoms with Crippen LogP contribution in [0.5, 0.6) is 0 Å². The average Bonchev–Trinajstić information content (AvgIpc) is 2.66. The minimum absolute atomic E-state index is 0.00761. The highest BCUT2D eigenvalue weighted by molar-refractivity contribution is 8.00. The van der Waals surface area contributed by atoms with E-state index in [1.807, 2.05) is 48.5 Å². The lowest BCUT2D eigenvalue weighted by Gasteiger charge is -2.08. The largest absolute Gasteiger partial charge is 0.325 e. The van der Waals surface area contributed by atoms with E-state index < -0.39 is 0 Å². The summed E-state index contributed by atoms with van der Waals surface area (Å²) in [5.74, 6) is 0.397. The molecule has 0 bridgehead atoms. The number of anilines is 1. The van der Waals surface area contributed by atoms with Crippen molar-refractivity contribution in [2.45, 2.75) is 4.90 Å². The molecule has 0 aliphatic carbocycles. The number of hydrogen-bond acceptors (Lipinski definition) is 2. The molecule has 1 N–H and O–H groups in total. The van der Waals surface area contributed by atoms with E-state index >= 15 is 0 Å². The van der Waals surface area contributed by atoms with Gasteiger partial charge in [-0.3, -0.25) is 4.79 Å². The number of carbonyl (C=O) groups is 1. The summed E-state index contributed by atoms with van der Waals surface area (Å²) in [6.07, 6.45) is 0. The topological polar surface area (TPSA) is 29.1 Å². The highest BCUT2D eigenvalue weighted by atomic mass is 32.2. The molecule has 3 heteroatoms. The minimum atomic E-state index is 0.00761. The predicted molar refractivity (Wildman–Crippen MR) is 107 cm³/mol. The fourth-order valence-corrected chi connectivity index (χ4v) is 3.80. The molecule has 4 rings (SSSR count). The Morgan fingerprint density at radius 2 is 1.48 bits per heavy atom. The fourth-order valence-electron chi connectivity index (χ4n) is 2.93. The summed E-state index contributed by atoms with van der Waals surface area (Å²) in [6, 6.07) is 28.6. The van der Waals surface area contributed by atoms with Gasteiger partial charge in [-0.2, -0.15) is 0 Å². The number of fused-ring (bicyclic) bond motifs is 2. The Morgan fingerprint density at radius 3 is 2.36 bits per heavy atom. The van der Waals surface area contributed by atoms with Crippen molar-refractivity contribution in [3.05, 3.63) is 84.9 Å². The highest BCUT2D eigenvalue weighted by Gasteiger charge is 2.06. The second-order valence-corrected chi connectivity index (χ2v) is 6.89. The normalized spacial score (nSPS) is 10.9. The summed E-state index contributed by atoms with van der Waals surface area (Å²) >= 11 is 1.57. The Bertz CT molecular complexity index is 1050. The van der Waals surface area contributed by atoms with Gasteiger partial charge in [0.2, 0.25) is 5.91 Å². The van der Waals surface area contributed by atoms with Crippen LogP contribution in [0.3, 0.4) is 0 Å². The van der Waals surface area contributed by atoms with Gasteiger partial charge in [-0.05, 0) is 39.7 Å². The van der Waals surface area contributed by atoms with Crippen molar-refractivity contribution in [2.24, 2.45) is 0 Å². The quantitative estimate of drug-likeness (QED) is 0.480. The van der Waals surface area contributed by atoms with Crippen LogP contribution in [0.4, 0.5) is 5.69 Å². The molecule has 0 aliphatic rings. The number of amides is 1. The first-order valence-corrected chi connectivity index (χ1v) is 9.17. The Balaban J connectivity index is 1.46. The van der Waals surface area contributed by atoms with Gasteiger partial charge in [0.1, 0.15) is 0 Å². The van der Waals surface area contributed by atoms with E-state index in [1.165, 1.54) is 16.2 Å². The second kappa shape index (κ2) is 6.99. The SMILES string of the molecule is O=C(CSc1cccc2ccccc12)Nc1ccc2ccccc2c1. The molecule has 25 heavy (non-hydrogen) atoms. The molecule has 2 nitrogen and oxygen atoms in total. The molecule has 122 valence electrons. The van der Waals surface area contributed by atoms with Crippen molar-refractivity contribution in [1.29, 1.82) is 0 Å². The molecule has 0 aromatic heterocycles. The molecule has 0 radical (unpaired) electrons. The lowest BCUT2D eigenvalue weighted by Crippen LogP contribution is -2.13. The van der Waals surface area contributed by atoms with Gasteiger partial charge in [-0.1, -0.05) is 66.7 Å². The fraction of sp³-hybridized carbons (Fsp3) is 0.0455. The third kappa shape index (κ3) is 3.52. The van der Waals surface area contributed by atoms with Gasteiger partial charge in [0.05, 0.1) is 5.75 Å². The first kappa shape index (κ1) is 15.7. The van der Waals surface area contributed by atoms with Crippen LogP contribution in [-0.2, 0) is 4.79 Å². The number of carbonyl (C=O) groups excluding carboxylic acids is 1. The number of benzene rings is 4. The maximum atomic E-state index is 12.3. The summed E-state index contributed by atoms with van der Waals surface area (Å²) < 4.78 is 0. The Labute approximate surface area is 150 Å². The second-order valence-electron chi connectivity index (χ2n) is 5.88. The van der Waals surface area contributed by atoms with Crippen LogP contribution in [0.15, 0.2) is 89.8 Å². The monoisotopic (exact) mass is 343 g/mol. The van der Waals surface area contributed by atoms with E-state index in [4.69, 9.17) is 0 Å².